The Morgan fingerprint density at radius 2 is 1.71 bits per heavy atom. The Bertz CT molecular complexity index is 641. The molecule has 21 heavy (non-hydrogen) atoms. The average molecular weight is 454 g/mol. The monoisotopic (exact) mass is 451 g/mol. The lowest BCUT2D eigenvalue weighted by molar-refractivity contribution is 0.462. The van der Waals surface area contributed by atoms with Crippen LogP contribution in [-0.2, 0) is 0 Å². The Labute approximate surface area is 150 Å². The van der Waals surface area contributed by atoms with Gasteiger partial charge in [0, 0.05) is 14.5 Å². The van der Waals surface area contributed by atoms with Crippen LogP contribution in [0.15, 0.2) is 39.3 Å². The number of halogens is 4. The molecular formula is C15H13Br2Cl2NO. The molecule has 0 heterocycles. The van der Waals surface area contributed by atoms with Gasteiger partial charge < -0.3 is 10.4 Å². The van der Waals surface area contributed by atoms with Crippen LogP contribution >= 0.6 is 55.1 Å². The third kappa shape index (κ3) is 4.07. The first-order chi connectivity index (χ1) is 9.92. The number of nitrogens with one attached hydrogen (secondary N) is 1. The minimum Gasteiger partial charge on any atom is -0.508 e. The first-order valence-electron chi connectivity index (χ1n) is 6.31. The van der Waals surface area contributed by atoms with Gasteiger partial charge in [0.15, 0.2) is 0 Å². The Hall–Kier alpha value is -0.420. The highest BCUT2D eigenvalue weighted by atomic mass is 79.9. The fourth-order valence-corrected chi connectivity index (χ4v) is 3.75. The molecule has 2 rings (SSSR count). The largest absolute Gasteiger partial charge is 0.508 e. The summed E-state index contributed by atoms with van der Waals surface area (Å²) in [5.41, 5.74) is 1.45. The molecule has 0 saturated carbocycles. The number of phenols is 1. The molecule has 2 nitrogen and oxygen atoms in total. The van der Waals surface area contributed by atoms with Crippen LogP contribution in [0.4, 0.5) is 5.69 Å². The van der Waals surface area contributed by atoms with E-state index in [-0.39, 0.29) is 11.8 Å². The van der Waals surface area contributed by atoms with Gasteiger partial charge in [-0.3, -0.25) is 0 Å². The molecule has 112 valence electrons. The van der Waals surface area contributed by atoms with Crippen molar-refractivity contribution >= 4 is 60.7 Å². The topological polar surface area (TPSA) is 32.3 Å². The maximum Gasteiger partial charge on any atom is 0.120 e. The van der Waals surface area contributed by atoms with Crippen molar-refractivity contribution in [3.8, 4) is 5.75 Å². The first-order valence-corrected chi connectivity index (χ1v) is 8.66. The van der Waals surface area contributed by atoms with E-state index in [0.29, 0.717) is 15.7 Å². The molecule has 2 N–H and O–H groups in total. The SMILES string of the molecule is CCC(Nc1c(Cl)cc(Br)cc1Cl)c1cc(Br)ccc1O. The molecule has 1 unspecified atom stereocenters. The third-order valence-corrected chi connectivity index (χ3v) is 4.65. The fourth-order valence-electron chi connectivity index (χ4n) is 2.06. The predicted octanol–water partition coefficient (Wildman–Crippen LogP) is 6.79. The van der Waals surface area contributed by atoms with E-state index in [4.69, 9.17) is 23.2 Å². The van der Waals surface area contributed by atoms with E-state index in [9.17, 15) is 5.11 Å². The van der Waals surface area contributed by atoms with Gasteiger partial charge in [-0.2, -0.15) is 0 Å². The standard InChI is InChI=1S/C15H13Br2Cl2NO/c1-2-13(10-5-8(16)3-4-14(10)21)20-15-11(18)6-9(17)7-12(15)19/h3-7,13,20-21H,2H2,1H3. The second-order valence-corrected chi connectivity index (χ2v) is 7.20. The van der Waals surface area contributed by atoms with E-state index in [2.05, 4.69) is 37.2 Å². The molecule has 0 spiro atoms. The highest BCUT2D eigenvalue weighted by molar-refractivity contribution is 9.10. The van der Waals surface area contributed by atoms with E-state index in [1.807, 2.05) is 13.0 Å². The normalized spacial score (nSPS) is 12.2. The molecule has 6 heteroatoms. The summed E-state index contributed by atoms with van der Waals surface area (Å²) in [7, 11) is 0. The van der Waals surface area contributed by atoms with Gasteiger partial charge >= 0.3 is 0 Å². The molecule has 0 radical (unpaired) electrons. The number of rotatable bonds is 4. The smallest absolute Gasteiger partial charge is 0.120 e. The van der Waals surface area contributed by atoms with Gasteiger partial charge in [0.05, 0.1) is 21.8 Å². The van der Waals surface area contributed by atoms with Crippen LogP contribution in [0, 0.1) is 0 Å². The summed E-state index contributed by atoms with van der Waals surface area (Å²) in [5.74, 6) is 0.238. The molecule has 0 bridgehead atoms. The van der Waals surface area contributed by atoms with Crippen molar-refractivity contribution < 1.29 is 5.11 Å². The van der Waals surface area contributed by atoms with Crippen LogP contribution in [0.2, 0.25) is 10.0 Å². The van der Waals surface area contributed by atoms with Gasteiger partial charge in [0.2, 0.25) is 0 Å². The van der Waals surface area contributed by atoms with Gasteiger partial charge in [0.25, 0.3) is 0 Å². The minimum absolute atomic E-state index is 0.0984. The molecule has 0 aliphatic carbocycles. The zero-order valence-electron chi connectivity index (χ0n) is 11.1. The number of benzene rings is 2. The molecule has 0 aliphatic rings. The van der Waals surface area contributed by atoms with Crippen LogP contribution in [-0.4, -0.2) is 5.11 Å². The highest BCUT2D eigenvalue weighted by Crippen LogP contribution is 2.38. The minimum atomic E-state index is -0.0984. The number of hydrogen-bond acceptors (Lipinski definition) is 2. The summed E-state index contributed by atoms with van der Waals surface area (Å²) in [4.78, 5) is 0. The van der Waals surface area contributed by atoms with E-state index in [0.717, 1.165) is 20.9 Å². The number of hydrogen-bond donors (Lipinski definition) is 2. The van der Waals surface area contributed by atoms with E-state index in [1.54, 1.807) is 24.3 Å². The molecule has 2 aromatic carbocycles. The quantitative estimate of drug-likeness (QED) is 0.534. The van der Waals surface area contributed by atoms with Crippen LogP contribution in [0.3, 0.4) is 0 Å². The molecule has 1 atom stereocenters. The van der Waals surface area contributed by atoms with Crippen molar-refractivity contribution in [2.24, 2.45) is 0 Å². The van der Waals surface area contributed by atoms with Crippen LogP contribution < -0.4 is 5.32 Å². The Morgan fingerprint density at radius 3 is 2.29 bits per heavy atom. The van der Waals surface area contributed by atoms with Gasteiger partial charge in [-0.25, -0.2) is 0 Å². The van der Waals surface area contributed by atoms with Crippen LogP contribution in [0.25, 0.3) is 0 Å². The van der Waals surface area contributed by atoms with Gasteiger partial charge in [-0.05, 0) is 36.8 Å². The van der Waals surface area contributed by atoms with Gasteiger partial charge in [0.1, 0.15) is 5.75 Å². The zero-order valence-corrected chi connectivity index (χ0v) is 15.8. The summed E-state index contributed by atoms with van der Waals surface area (Å²) in [6.07, 6.45) is 0.771. The number of anilines is 1. The molecular weight excluding hydrogens is 441 g/mol. The predicted molar refractivity (Wildman–Crippen MR) is 96.6 cm³/mol. The van der Waals surface area contributed by atoms with Crippen molar-refractivity contribution in [2.75, 3.05) is 5.32 Å². The Balaban J connectivity index is 2.38. The lowest BCUT2D eigenvalue weighted by Crippen LogP contribution is -2.10. The maximum absolute atomic E-state index is 10.1. The van der Waals surface area contributed by atoms with Gasteiger partial charge in [-0.15, -0.1) is 0 Å². The third-order valence-electron chi connectivity index (χ3n) is 3.10. The summed E-state index contributed by atoms with van der Waals surface area (Å²) in [5, 5.41) is 14.4. The molecule has 0 amide bonds. The van der Waals surface area contributed by atoms with Crippen molar-refractivity contribution in [3.63, 3.8) is 0 Å². The second-order valence-electron chi connectivity index (χ2n) is 4.55. The number of aromatic hydroxyl groups is 1. The fraction of sp³-hybridized carbons (Fsp3) is 0.200. The maximum atomic E-state index is 10.1. The van der Waals surface area contributed by atoms with Gasteiger partial charge in [-0.1, -0.05) is 62.0 Å². The lowest BCUT2D eigenvalue weighted by atomic mass is 10.0. The summed E-state index contributed by atoms with van der Waals surface area (Å²) in [6.45, 7) is 2.03. The average Bonchev–Trinajstić information content (AvgIpc) is 2.41. The summed E-state index contributed by atoms with van der Waals surface area (Å²) in [6, 6.07) is 8.81. The summed E-state index contributed by atoms with van der Waals surface area (Å²) >= 11 is 19.3. The number of phenolic OH excluding ortho intramolecular Hbond substituents is 1. The zero-order chi connectivity index (χ0) is 15.6. The highest BCUT2D eigenvalue weighted by Gasteiger charge is 2.17. The molecule has 0 aliphatic heterocycles. The Kier molecular flexibility index (Phi) is 5.83. The van der Waals surface area contributed by atoms with Crippen molar-refractivity contribution in [3.05, 3.63) is 54.9 Å². The molecule has 0 saturated heterocycles. The van der Waals surface area contributed by atoms with Crippen molar-refractivity contribution in [1.29, 1.82) is 0 Å². The van der Waals surface area contributed by atoms with E-state index < -0.39 is 0 Å². The first kappa shape index (κ1) is 16.9. The molecule has 0 fully saturated rings. The van der Waals surface area contributed by atoms with Crippen LogP contribution in [0.1, 0.15) is 24.9 Å². The Morgan fingerprint density at radius 1 is 1.10 bits per heavy atom. The van der Waals surface area contributed by atoms with Crippen molar-refractivity contribution in [1.82, 2.24) is 0 Å². The molecule has 2 aromatic rings. The summed E-state index contributed by atoms with van der Waals surface area (Å²) < 4.78 is 1.73. The van der Waals surface area contributed by atoms with Crippen LogP contribution in [0.5, 0.6) is 5.75 Å². The second kappa shape index (κ2) is 7.23. The van der Waals surface area contributed by atoms with E-state index in [1.165, 1.54) is 0 Å². The molecule has 0 aromatic heterocycles. The van der Waals surface area contributed by atoms with Crippen molar-refractivity contribution in [2.45, 2.75) is 19.4 Å². The lowest BCUT2D eigenvalue weighted by Gasteiger charge is -2.22. The van der Waals surface area contributed by atoms with E-state index >= 15 is 0 Å².